The van der Waals surface area contributed by atoms with Crippen LogP contribution in [-0.4, -0.2) is 23.7 Å². The first kappa shape index (κ1) is 15.9. The molecule has 4 nitrogen and oxygen atoms in total. The van der Waals surface area contributed by atoms with E-state index in [2.05, 4.69) is 35.7 Å². The Morgan fingerprint density at radius 1 is 1.33 bits per heavy atom. The van der Waals surface area contributed by atoms with E-state index in [9.17, 15) is 4.39 Å². The van der Waals surface area contributed by atoms with Crippen molar-refractivity contribution in [2.45, 2.75) is 32.2 Å². The summed E-state index contributed by atoms with van der Waals surface area (Å²) < 4.78 is 23.1. The third-order valence-corrected chi connectivity index (χ3v) is 4.07. The highest BCUT2D eigenvalue weighted by atomic mass is 32.1. The van der Waals surface area contributed by atoms with Crippen LogP contribution in [0.2, 0.25) is 0 Å². The predicted octanol–water partition coefficient (Wildman–Crippen LogP) is 3.29. The fourth-order valence-electron chi connectivity index (χ4n) is 2.27. The third kappa shape index (κ3) is 3.22. The zero-order valence-electron chi connectivity index (χ0n) is 12.9. The molecule has 0 amide bonds. The van der Waals surface area contributed by atoms with Crippen molar-refractivity contribution in [3.63, 3.8) is 0 Å². The van der Waals surface area contributed by atoms with Gasteiger partial charge in [0.25, 0.3) is 0 Å². The van der Waals surface area contributed by atoms with Crippen LogP contribution < -0.4 is 10.1 Å². The van der Waals surface area contributed by atoms with Crippen molar-refractivity contribution in [2.24, 2.45) is 0 Å². The molecule has 0 aliphatic heterocycles. The number of ether oxygens (including phenoxy) is 1. The number of nitrogens with zero attached hydrogens (tertiary/aromatic N) is 2. The van der Waals surface area contributed by atoms with Gasteiger partial charge in [-0.25, -0.2) is 4.39 Å². The minimum absolute atomic E-state index is 0.127. The van der Waals surface area contributed by atoms with E-state index in [1.807, 2.05) is 7.05 Å². The number of benzene rings is 1. The number of rotatable bonds is 4. The van der Waals surface area contributed by atoms with Gasteiger partial charge < -0.3 is 10.1 Å². The van der Waals surface area contributed by atoms with E-state index in [0.717, 1.165) is 16.1 Å². The van der Waals surface area contributed by atoms with Crippen molar-refractivity contribution in [3.05, 3.63) is 40.2 Å². The van der Waals surface area contributed by atoms with Crippen LogP contribution in [0.1, 0.15) is 42.9 Å². The lowest BCUT2D eigenvalue weighted by Gasteiger charge is -2.23. The molecular formula is C15H20FN3OS. The molecule has 1 unspecified atom stereocenters. The SMILES string of the molecule is CNC(c1cc(F)ccc1OC)c1snnc1C(C)(C)C. The van der Waals surface area contributed by atoms with E-state index in [4.69, 9.17) is 4.74 Å². The zero-order valence-corrected chi connectivity index (χ0v) is 13.7. The Kier molecular flexibility index (Phi) is 4.58. The Labute approximate surface area is 128 Å². The number of hydrogen-bond acceptors (Lipinski definition) is 5. The smallest absolute Gasteiger partial charge is 0.124 e. The van der Waals surface area contributed by atoms with E-state index in [1.54, 1.807) is 13.2 Å². The Balaban J connectivity index is 2.56. The molecular weight excluding hydrogens is 289 g/mol. The summed E-state index contributed by atoms with van der Waals surface area (Å²) in [6.45, 7) is 6.26. The topological polar surface area (TPSA) is 47.0 Å². The number of nitrogens with one attached hydrogen (secondary N) is 1. The molecule has 114 valence electrons. The molecule has 0 fully saturated rings. The van der Waals surface area contributed by atoms with Gasteiger partial charge >= 0.3 is 0 Å². The first-order chi connectivity index (χ1) is 9.88. The van der Waals surface area contributed by atoms with Gasteiger partial charge in [-0.1, -0.05) is 25.3 Å². The summed E-state index contributed by atoms with van der Waals surface area (Å²) in [6.07, 6.45) is 0. The Morgan fingerprint density at radius 2 is 2.05 bits per heavy atom. The Morgan fingerprint density at radius 3 is 2.62 bits per heavy atom. The zero-order chi connectivity index (χ0) is 15.6. The van der Waals surface area contributed by atoms with Crippen LogP contribution in [0.3, 0.4) is 0 Å². The molecule has 1 heterocycles. The maximum absolute atomic E-state index is 13.6. The number of aromatic nitrogens is 2. The average molecular weight is 309 g/mol. The van der Waals surface area contributed by atoms with Gasteiger partial charge in [0.15, 0.2) is 0 Å². The van der Waals surface area contributed by atoms with E-state index in [-0.39, 0.29) is 17.3 Å². The second-order valence-electron chi connectivity index (χ2n) is 5.84. The summed E-state index contributed by atoms with van der Waals surface area (Å²) in [6, 6.07) is 4.32. The average Bonchev–Trinajstić information content (AvgIpc) is 2.89. The van der Waals surface area contributed by atoms with Crippen LogP contribution in [0.4, 0.5) is 4.39 Å². The lowest BCUT2D eigenvalue weighted by Crippen LogP contribution is -2.23. The molecule has 2 rings (SSSR count). The molecule has 0 bridgehead atoms. The standard InChI is InChI=1S/C15H20FN3OS/c1-15(2,3)14-13(21-19-18-14)12(17-4)10-8-9(16)6-7-11(10)20-5/h6-8,12,17H,1-5H3. The predicted molar refractivity (Wildman–Crippen MR) is 82.5 cm³/mol. The highest BCUT2D eigenvalue weighted by molar-refractivity contribution is 7.05. The monoisotopic (exact) mass is 309 g/mol. The quantitative estimate of drug-likeness (QED) is 0.941. The van der Waals surface area contributed by atoms with Gasteiger partial charge in [-0.15, -0.1) is 5.10 Å². The second-order valence-corrected chi connectivity index (χ2v) is 6.63. The van der Waals surface area contributed by atoms with E-state index >= 15 is 0 Å². The summed E-state index contributed by atoms with van der Waals surface area (Å²) in [5, 5.41) is 7.47. The largest absolute Gasteiger partial charge is 0.496 e. The fourth-order valence-corrected chi connectivity index (χ4v) is 3.26. The fraction of sp³-hybridized carbons (Fsp3) is 0.467. The second kappa shape index (κ2) is 6.07. The highest BCUT2D eigenvalue weighted by Crippen LogP contribution is 2.37. The minimum Gasteiger partial charge on any atom is -0.496 e. The Bertz CT molecular complexity index is 622. The van der Waals surface area contributed by atoms with E-state index < -0.39 is 0 Å². The van der Waals surface area contributed by atoms with Crippen LogP contribution in [0.15, 0.2) is 18.2 Å². The molecule has 0 radical (unpaired) electrons. The molecule has 0 aliphatic carbocycles. The minimum atomic E-state index is -0.291. The lowest BCUT2D eigenvalue weighted by molar-refractivity contribution is 0.403. The molecule has 1 aromatic carbocycles. The van der Waals surface area contributed by atoms with Gasteiger partial charge in [0.2, 0.25) is 0 Å². The molecule has 1 aromatic heterocycles. The molecule has 6 heteroatoms. The van der Waals surface area contributed by atoms with E-state index in [1.165, 1.54) is 23.7 Å². The van der Waals surface area contributed by atoms with Gasteiger partial charge in [-0.2, -0.15) is 0 Å². The third-order valence-electron chi connectivity index (χ3n) is 3.28. The van der Waals surface area contributed by atoms with Crippen LogP contribution in [0, 0.1) is 5.82 Å². The normalized spacial score (nSPS) is 13.2. The number of halogens is 1. The van der Waals surface area contributed by atoms with Gasteiger partial charge in [0.1, 0.15) is 11.6 Å². The molecule has 0 saturated heterocycles. The summed E-state index contributed by atoms with van der Waals surface area (Å²) in [4.78, 5) is 0.980. The lowest BCUT2D eigenvalue weighted by atomic mass is 9.88. The maximum Gasteiger partial charge on any atom is 0.124 e. The van der Waals surface area contributed by atoms with Crippen molar-refractivity contribution in [2.75, 3.05) is 14.2 Å². The van der Waals surface area contributed by atoms with Gasteiger partial charge in [-0.05, 0) is 36.8 Å². The summed E-state index contributed by atoms with van der Waals surface area (Å²) in [5.41, 5.74) is 1.53. The van der Waals surface area contributed by atoms with Crippen molar-refractivity contribution in [1.29, 1.82) is 0 Å². The summed E-state index contributed by atoms with van der Waals surface area (Å²) >= 11 is 1.33. The molecule has 0 aliphatic rings. The van der Waals surface area contributed by atoms with E-state index in [0.29, 0.717) is 5.75 Å². The Hall–Kier alpha value is -1.53. The molecule has 0 saturated carbocycles. The van der Waals surface area contributed by atoms with Crippen LogP contribution in [0.5, 0.6) is 5.75 Å². The molecule has 21 heavy (non-hydrogen) atoms. The van der Waals surface area contributed by atoms with Gasteiger partial charge in [0, 0.05) is 11.0 Å². The maximum atomic E-state index is 13.6. The number of hydrogen-bond donors (Lipinski definition) is 1. The molecule has 2 aromatic rings. The molecule has 0 spiro atoms. The van der Waals surface area contributed by atoms with Gasteiger partial charge in [-0.3, -0.25) is 0 Å². The van der Waals surface area contributed by atoms with Crippen molar-refractivity contribution < 1.29 is 9.13 Å². The summed E-state index contributed by atoms with van der Waals surface area (Å²) in [5.74, 6) is 0.352. The van der Waals surface area contributed by atoms with Crippen molar-refractivity contribution >= 4 is 11.5 Å². The first-order valence-corrected chi connectivity index (χ1v) is 7.49. The highest BCUT2D eigenvalue weighted by Gasteiger charge is 2.29. The van der Waals surface area contributed by atoms with Crippen molar-refractivity contribution in [3.8, 4) is 5.75 Å². The molecule has 1 N–H and O–H groups in total. The summed E-state index contributed by atoms with van der Waals surface area (Å²) in [7, 11) is 3.42. The first-order valence-electron chi connectivity index (χ1n) is 6.72. The number of methoxy groups -OCH3 is 1. The van der Waals surface area contributed by atoms with Crippen LogP contribution in [-0.2, 0) is 5.41 Å². The van der Waals surface area contributed by atoms with Gasteiger partial charge in [0.05, 0.1) is 23.7 Å². The molecule has 1 atom stereocenters. The van der Waals surface area contributed by atoms with Crippen LogP contribution in [0.25, 0.3) is 0 Å². The van der Waals surface area contributed by atoms with Crippen LogP contribution >= 0.6 is 11.5 Å². The van der Waals surface area contributed by atoms with Crippen molar-refractivity contribution in [1.82, 2.24) is 14.9 Å².